The van der Waals surface area contributed by atoms with Crippen LogP contribution in [0.3, 0.4) is 0 Å². The van der Waals surface area contributed by atoms with Gasteiger partial charge in [0.1, 0.15) is 5.82 Å². The van der Waals surface area contributed by atoms with E-state index < -0.39 is 26.5 Å². The first-order chi connectivity index (χ1) is 9.81. The second-order valence-corrected chi connectivity index (χ2v) is 9.27. The number of benzene rings is 1. The number of nitrogens with one attached hydrogen (secondary N) is 1. The maximum absolute atomic E-state index is 13.4. The van der Waals surface area contributed by atoms with Crippen LogP contribution < -0.4 is 5.32 Å². The fraction of sp³-hybridized carbons (Fsp3) is 0.571. The molecular weight excluding hydrogens is 313 g/mol. The molecule has 0 radical (unpaired) electrons. The molecule has 21 heavy (non-hydrogen) atoms. The van der Waals surface area contributed by atoms with Gasteiger partial charge in [0.15, 0.2) is 9.84 Å². The number of hydrogen-bond donors (Lipinski definition) is 1. The van der Waals surface area contributed by atoms with Gasteiger partial charge < -0.3 is 5.32 Å². The van der Waals surface area contributed by atoms with Crippen LogP contribution in [0.1, 0.15) is 31.4 Å². The first-order valence-electron chi connectivity index (χ1n) is 6.89. The first kappa shape index (κ1) is 16.6. The predicted molar refractivity (Wildman–Crippen MR) is 82.0 cm³/mol. The number of halogens is 1. The molecular formula is C14H20FNO3S2. The van der Waals surface area contributed by atoms with Crippen LogP contribution in [-0.2, 0) is 20.6 Å². The Bertz CT molecular complexity index is 646. The molecule has 0 saturated carbocycles. The van der Waals surface area contributed by atoms with E-state index in [0.717, 1.165) is 6.42 Å². The second-order valence-electron chi connectivity index (χ2n) is 5.39. The fourth-order valence-corrected chi connectivity index (χ4v) is 4.50. The van der Waals surface area contributed by atoms with E-state index in [0.29, 0.717) is 18.5 Å². The van der Waals surface area contributed by atoms with Gasteiger partial charge in [-0.15, -0.1) is 0 Å². The summed E-state index contributed by atoms with van der Waals surface area (Å²) in [4.78, 5) is 0.222. The van der Waals surface area contributed by atoms with Gasteiger partial charge >= 0.3 is 0 Å². The van der Waals surface area contributed by atoms with Crippen molar-refractivity contribution >= 4 is 20.6 Å². The molecule has 0 aliphatic carbocycles. The Labute approximate surface area is 127 Å². The first-order valence-corrected chi connectivity index (χ1v) is 10.2. The van der Waals surface area contributed by atoms with Gasteiger partial charge in [-0.3, -0.25) is 4.21 Å². The fourth-order valence-electron chi connectivity index (χ4n) is 2.45. The van der Waals surface area contributed by atoms with Gasteiger partial charge in [-0.2, -0.15) is 0 Å². The zero-order valence-electron chi connectivity index (χ0n) is 12.1. The maximum atomic E-state index is 13.4. The highest BCUT2D eigenvalue weighted by atomic mass is 32.2. The van der Waals surface area contributed by atoms with Gasteiger partial charge in [-0.1, -0.05) is 6.92 Å². The van der Waals surface area contributed by atoms with E-state index in [1.807, 2.05) is 6.92 Å². The van der Waals surface area contributed by atoms with Crippen molar-refractivity contribution in [3.63, 3.8) is 0 Å². The maximum Gasteiger partial charge on any atom is 0.178 e. The summed E-state index contributed by atoms with van der Waals surface area (Å²) >= 11 is 0. The summed E-state index contributed by atoms with van der Waals surface area (Å²) in [6.07, 6.45) is 2.84. The summed E-state index contributed by atoms with van der Waals surface area (Å²) in [5, 5.41) is 3.34. The third kappa shape index (κ3) is 3.90. The molecule has 0 amide bonds. The molecule has 1 heterocycles. The standard InChI is InChI=1S/C14H20FNO3S2/c1-10(20(2)17)5-7-16-13-6-8-21(18,19)14-4-3-11(15)9-12(13)14/h3-4,9-10,13,16H,5-8H2,1-2H3. The summed E-state index contributed by atoms with van der Waals surface area (Å²) < 4.78 is 48.7. The van der Waals surface area contributed by atoms with Crippen LogP contribution in [0.2, 0.25) is 0 Å². The Morgan fingerprint density at radius 3 is 2.86 bits per heavy atom. The van der Waals surface area contributed by atoms with Crippen LogP contribution in [-0.4, -0.2) is 36.4 Å². The van der Waals surface area contributed by atoms with Crippen molar-refractivity contribution in [3.8, 4) is 0 Å². The third-order valence-electron chi connectivity index (χ3n) is 3.87. The quantitative estimate of drug-likeness (QED) is 0.835. The van der Waals surface area contributed by atoms with Gasteiger partial charge in [0.05, 0.1) is 10.6 Å². The van der Waals surface area contributed by atoms with E-state index in [4.69, 9.17) is 0 Å². The Kier molecular flexibility index (Phi) is 5.16. The molecule has 0 aromatic heterocycles. The van der Waals surface area contributed by atoms with E-state index in [-0.39, 0.29) is 21.9 Å². The Morgan fingerprint density at radius 1 is 1.48 bits per heavy atom. The summed E-state index contributed by atoms with van der Waals surface area (Å²) in [6.45, 7) is 2.54. The zero-order valence-corrected chi connectivity index (χ0v) is 13.8. The lowest BCUT2D eigenvalue weighted by molar-refractivity contribution is 0.481. The highest BCUT2D eigenvalue weighted by Crippen LogP contribution is 2.32. The number of hydrogen-bond acceptors (Lipinski definition) is 4. The largest absolute Gasteiger partial charge is 0.310 e. The van der Waals surface area contributed by atoms with Crippen LogP contribution >= 0.6 is 0 Å². The van der Waals surface area contributed by atoms with Crippen molar-refractivity contribution < 1.29 is 17.0 Å². The SMILES string of the molecule is CC(CCNC1CCS(=O)(=O)c2ccc(F)cc21)S(C)=O. The van der Waals surface area contributed by atoms with E-state index in [1.165, 1.54) is 18.2 Å². The molecule has 0 bridgehead atoms. The Balaban J connectivity index is 2.13. The van der Waals surface area contributed by atoms with Gasteiger partial charge in [0.2, 0.25) is 0 Å². The summed E-state index contributed by atoms with van der Waals surface area (Å²) in [6, 6.07) is 3.65. The van der Waals surface area contributed by atoms with Crippen molar-refractivity contribution in [2.45, 2.75) is 36.0 Å². The lowest BCUT2D eigenvalue weighted by atomic mass is 10.0. The van der Waals surface area contributed by atoms with Crippen LogP contribution in [0.15, 0.2) is 23.1 Å². The molecule has 1 N–H and O–H groups in total. The van der Waals surface area contributed by atoms with Gasteiger partial charge in [0, 0.05) is 28.3 Å². The van der Waals surface area contributed by atoms with Crippen molar-refractivity contribution in [2.24, 2.45) is 0 Å². The van der Waals surface area contributed by atoms with Crippen LogP contribution in [0.4, 0.5) is 4.39 Å². The highest BCUT2D eigenvalue weighted by molar-refractivity contribution is 7.91. The average Bonchev–Trinajstić information content (AvgIpc) is 2.40. The lowest BCUT2D eigenvalue weighted by Crippen LogP contribution is -2.31. The molecule has 0 fully saturated rings. The van der Waals surface area contributed by atoms with E-state index in [1.54, 1.807) is 6.26 Å². The minimum atomic E-state index is -3.30. The smallest absolute Gasteiger partial charge is 0.178 e. The molecule has 1 aromatic carbocycles. The second kappa shape index (κ2) is 6.54. The summed E-state index contributed by atoms with van der Waals surface area (Å²) in [5.41, 5.74) is 0.506. The van der Waals surface area contributed by atoms with Crippen molar-refractivity contribution in [2.75, 3.05) is 18.6 Å². The highest BCUT2D eigenvalue weighted by Gasteiger charge is 2.30. The molecule has 0 saturated heterocycles. The molecule has 3 atom stereocenters. The van der Waals surface area contributed by atoms with Crippen LogP contribution in [0.5, 0.6) is 0 Å². The summed E-state index contributed by atoms with van der Waals surface area (Å²) in [5.74, 6) is -0.362. The van der Waals surface area contributed by atoms with Crippen molar-refractivity contribution in [1.29, 1.82) is 0 Å². The topological polar surface area (TPSA) is 63.2 Å². The minimum Gasteiger partial charge on any atom is -0.310 e. The third-order valence-corrected chi connectivity index (χ3v) is 7.05. The van der Waals surface area contributed by atoms with E-state index in [9.17, 15) is 17.0 Å². The molecule has 0 spiro atoms. The lowest BCUT2D eigenvalue weighted by Gasteiger charge is -2.26. The normalized spacial score (nSPS) is 23.3. The summed E-state index contributed by atoms with van der Waals surface area (Å²) in [7, 11) is -4.18. The van der Waals surface area contributed by atoms with Crippen molar-refractivity contribution in [1.82, 2.24) is 5.32 Å². The number of rotatable bonds is 5. The Hall–Kier alpha value is -0.790. The average molecular weight is 333 g/mol. The molecule has 1 aliphatic heterocycles. The molecule has 7 heteroatoms. The molecule has 2 rings (SSSR count). The Morgan fingerprint density at radius 2 is 2.19 bits per heavy atom. The van der Waals surface area contributed by atoms with Gasteiger partial charge in [-0.05, 0) is 43.1 Å². The van der Waals surface area contributed by atoms with Crippen LogP contribution in [0.25, 0.3) is 0 Å². The molecule has 1 aromatic rings. The molecule has 118 valence electrons. The predicted octanol–water partition coefficient (Wildman–Crippen LogP) is 1.79. The number of fused-ring (bicyclic) bond motifs is 1. The van der Waals surface area contributed by atoms with E-state index >= 15 is 0 Å². The van der Waals surface area contributed by atoms with Gasteiger partial charge in [0.25, 0.3) is 0 Å². The van der Waals surface area contributed by atoms with Crippen LogP contribution in [0, 0.1) is 5.82 Å². The van der Waals surface area contributed by atoms with E-state index in [2.05, 4.69) is 5.32 Å². The monoisotopic (exact) mass is 333 g/mol. The molecule has 1 aliphatic rings. The minimum absolute atomic E-state index is 0.0680. The van der Waals surface area contributed by atoms with Crippen molar-refractivity contribution in [3.05, 3.63) is 29.6 Å². The molecule has 3 unspecified atom stereocenters. The number of sulfone groups is 1. The van der Waals surface area contributed by atoms with Gasteiger partial charge in [-0.25, -0.2) is 12.8 Å². The molecule has 4 nitrogen and oxygen atoms in total. The zero-order chi connectivity index (χ0) is 15.6.